The molecule has 0 fully saturated rings. The van der Waals surface area contributed by atoms with E-state index in [0.717, 1.165) is 22.0 Å². The molecule has 0 saturated heterocycles. The number of nitrogens with zero attached hydrogens (tertiary/aromatic N) is 3. The molecule has 3 aromatic carbocycles. The van der Waals surface area contributed by atoms with Crippen molar-refractivity contribution in [2.75, 3.05) is 0 Å². The molecule has 0 amide bonds. The molecular weight excluding hydrogens is 434 g/mol. The third kappa shape index (κ3) is 4.15. The zero-order chi connectivity index (χ0) is 22.8. The van der Waals surface area contributed by atoms with Gasteiger partial charge in [0.1, 0.15) is 22.6 Å². The van der Waals surface area contributed by atoms with E-state index < -0.39 is 4.92 Å². The van der Waals surface area contributed by atoms with Gasteiger partial charge in [-0.05, 0) is 29.0 Å². The van der Waals surface area contributed by atoms with Crippen LogP contribution in [0.1, 0.15) is 10.8 Å². The van der Waals surface area contributed by atoms with E-state index in [4.69, 9.17) is 4.42 Å². The Morgan fingerprint density at radius 3 is 2.67 bits per heavy atom. The van der Waals surface area contributed by atoms with Crippen LogP contribution in [0.4, 0.5) is 5.69 Å². The second-order valence-electron chi connectivity index (χ2n) is 7.28. The summed E-state index contributed by atoms with van der Waals surface area (Å²) in [5.41, 5.74) is 2.75. The molecule has 0 radical (unpaired) electrons. The largest absolute Gasteiger partial charge is 0.457 e. The fourth-order valence-electron chi connectivity index (χ4n) is 3.52. The first kappa shape index (κ1) is 20.4. The molecule has 0 atom stereocenters. The third-order valence-electron chi connectivity index (χ3n) is 5.16. The van der Waals surface area contributed by atoms with Gasteiger partial charge in [0.15, 0.2) is 0 Å². The lowest BCUT2D eigenvalue weighted by Crippen LogP contribution is -1.87. The number of furan rings is 1. The van der Waals surface area contributed by atoms with Crippen LogP contribution in [0.2, 0.25) is 0 Å². The van der Waals surface area contributed by atoms with E-state index in [0.29, 0.717) is 27.7 Å². The smallest absolute Gasteiger partial charge is 0.270 e. The first-order chi connectivity index (χ1) is 16.1. The molecule has 0 aliphatic rings. The number of thiazole rings is 1. The minimum absolute atomic E-state index is 0.0114. The first-order valence-corrected chi connectivity index (χ1v) is 10.9. The SMILES string of the molecule is N#C/C(=C\c1ccc(-c2cccc([N+](=O)[O-])c2)o1)c1nc(-c2ccc3ccccc3c2)cs1. The predicted molar refractivity (Wildman–Crippen MR) is 129 cm³/mol. The van der Waals surface area contributed by atoms with E-state index in [9.17, 15) is 15.4 Å². The molecular formula is C26H15N3O3S. The Kier molecular flexibility index (Phi) is 5.27. The molecule has 0 unspecified atom stereocenters. The molecule has 0 saturated carbocycles. The fraction of sp³-hybridized carbons (Fsp3) is 0. The Bertz CT molecular complexity index is 1570. The van der Waals surface area contributed by atoms with Crippen molar-refractivity contribution in [2.45, 2.75) is 0 Å². The van der Waals surface area contributed by atoms with Crippen LogP contribution in [0.3, 0.4) is 0 Å². The molecule has 7 heteroatoms. The van der Waals surface area contributed by atoms with Gasteiger partial charge in [-0.3, -0.25) is 10.1 Å². The van der Waals surface area contributed by atoms with E-state index in [2.05, 4.69) is 35.3 Å². The minimum Gasteiger partial charge on any atom is -0.457 e. The van der Waals surface area contributed by atoms with Crippen molar-refractivity contribution in [2.24, 2.45) is 0 Å². The average Bonchev–Trinajstić information content (AvgIpc) is 3.52. The third-order valence-corrected chi connectivity index (χ3v) is 6.03. The Morgan fingerprint density at radius 2 is 1.85 bits per heavy atom. The summed E-state index contributed by atoms with van der Waals surface area (Å²) in [5.74, 6) is 0.953. The van der Waals surface area contributed by atoms with Crippen molar-refractivity contribution in [3.05, 3.63) is 105 Å². The van der Waals surface area contributed by atoms with Gasteiger partial charge >= 0.3 is 0 Å². The normalized spacial score (nSPS) is 11.4. The van der Waals surface area contributed by atoms with Crippen LogP contribution in [-0.4, -0.2) is 9.91 Å². The van der Waals surface area contributed by atoms with Crippen molar-refractivity contribution in [3.63, 3.8) is 0 Å². The number of rotatable bonds is 5. The lowest BCUT2D eigenvalue weighted by atomic mass is 10.1. The maximum absolute atomic E-state index is 11.0. The second kappa shape index (κ2) is 8.54. The number of fused-ring (bicyclic) bond motifs is 1. The number of nitro benzene ring substituents is 1. The number of nitro groups is 1. The topological polar surface area (TPSA) is 93.0 Å². The number of non-ortho nitro benzene ring substituents is 1. The van der Waals surface area contributed by atoms with Crippen LogP contribution >= 0.6 is 11.3 Å². The quantitative estimate of drug-likeness (QED) is 0.161. The number of benzene rings is 3. The van der Waals surface area contributed by atoms with Crippen LogP contribution in [0, 0.1) is 21.4 Å². The zero-order valence-corrected chi connectivity index (χ0v) is 18.0. The van der Waals surface area contributed by atoms with Crippen LogP contribution in [-0.2, 0) is 0 Å². The summed E-state index contributed by atoms with van der Waals surface area (Å²) >= 11 is 1.39. The minimum atomic E-state index is -0.448. The molecule has 2 aromatic heterocycles. The van der Waals surface area contributed by atoms with Gasteiger partial charge in [0.2, 0.25) is 0 Å². The molecule has 5 rings (SSSR count). The van der Waals surface area contributed by atoms with Crippen molar-refractivity contribution < 1.29 is 9.34 Å². The van der Waals surface area contributed by atoms with E-state index in [1.165, 1.54) is 23.5 Å². The maximum Gasteiger partial charge on any atom is 0.270 e. The van der Waals surface area contributed by atoms with E-state index in [1.54, 1.807) is 30.3 Å². The number of aromatic nitrogens is 1. The van der Waals surface area contributed by atoms with E-state index >= 15 is 0 Å². The molecule has 0 N–H and O–H groups in total. The number of allylic oxidation sites excluding steroid dienone is 1. The van der Waals surface area contributed by atoms with Gasteiger partial charge in [-0.25, -0.2) is 4.98 Å². The number of nitriles is 1. The highest BCUT2D eigenvalue weighted by atomic mass is 32.1. The molecule has 6 nitrogen and oxygen atoms in total. The number of hydrogen-bond acceptors (Lipinski definition) is 6. The Hall–Kier alpha value is -4.54. The average molecular weight is 449 g/mol. The summed E-state index contributed by atoms with van der Waals surface area (Å²) in [5, 5.41) is 25.6. The van der Waals surface area contributed by atoms with E-state index in [-0.39, 0.29) is 5.69 Å². The Balaban J connectivity index is 1.43. The van der Waals surface area contributed by atoms with Crippen molar-refractivity contribution in [1.29, 1.82) is 5.26 Å². The molecule has 158 valence electrons. The van der Waals surface area contributed by atoms with Crippen LogP contribution in [0.15, 0.2) is 88.7 Å². The summed E-state index contributed by atoms with van der Waals surface area (Å²) in [6, 6.07) is 26.2. The van der Waals surface area contributed by atoms with Crippen molar-refractivity contribution >= 4 is 39.4 Å². The molecule has 0 aliphatic carbocycles. The lowest BCUT2D eigenvalue weighted by Gasteiger charge is -2.00. The van der Waals surface area contributed by atoms with Crippen molar-refractivity contribution in [3.8, 4) is 28.7 Å². The molecule has 5 aromatic rings. The van der Waals surface area contributed by atoms with Gasteiger partial charge in [-0.15, -0.1) is 11.3 Å². The zero-order valence-electron chi connectivity index (χ0n) is 17.1. The van der Waals surface area contributed by atoms with Crippen LogP contribution < -0.4 is 0 Å². The summed E-state index contributed by atoms with van der Waals surface area (Å²) in [7, 11) is 0. The van der Waals surface area contributed by atoms with Gasteiger partial charge in [-0.1, -0.05) is 48.5 Å². The van der Waals surface area contributed by atoms with Gasteiger partial charge in [-0.2, -0.15) is 5.26 Å². The molecule has 0 spiro atoms. The standard InChI is InChI=1S/C26H15N3O3S/c27-15-21(14-23-10-11-25(32-23)20-6-3-7-22(13-20)29(30)31)26-28-24(16-33-26)19-9-8-17-4-1-2-5-18(17)12-19/h1-14,16H/b21-14+. The highest BCUT2D eigenvalue weighted by molar-refractivity contribution is 7.11. The summed E-state index contributed by atoms with van der Waals surface area (Å²) in [6.07, 6.45) is 1.63. The highest BCUT2D eigenvalue weighted by Gasteiger charge is 2.13. The molecule has 33 heavy (non-hydrogen) atoms. The van der Waals surface area contributed by atoms with Gasteiger partial charge in [0.05, 0.1) is 16.2 Å². The van der Waals surface area contributed by atoms with Gasteiger partial charge < -0.3 is 4.42 Å². The maximum atomic E-state index is 11.0. The molecule has 0 aliphatic heterocycles. The van der Waals surface area contributed by atoms with Crippen LogP contribution in [0.5, 0.6) is 0 Å². The Labute approximate surface area is 192 Å². The monoisotopic (exact) mass is 449 g/mol. The predicted octanol–water partition coefficient (Wildman–Crippen LogP) is 7.20. The second-order valence-corrected chi connectivity index (χ2v) is 8.14. The summed E-state index contributed by atoms with van der Waals surface area (Å²) in [6.45, 7) is 0. The Morgan fingerprint density at radius 1 is 1.00 bits per heavy atom. The highest BCUT2D eigenvalue weighted by Crippen LogP contribution is 2.31. The fourth-order valence-corrected chi connectivity index (χ4v) is 4.32. The molecule has 2 heterocycles. The molecule has 0 bridgehead atoms. The van der Waals surface area contributed by atoms with Gasteiger partial charge in [0.25, 0.3) is 5.69 Å². The summed E-state index contributed by atoms with van der Waals surface area (Å²) < 4.78 is 5.82. The van der Waals surface area contributed by atoms with E-state index in [1.807, 2.05) is 23.6 Å². The lowest BCUT2D eigenvalue weighted by molar-refractivity contribution is -0.384. The van der Waals surface area contributed by atoms with Crippen LogP contribution in [0.25, 0.3) is 45.0 Å². The first-order valence-electron chi connectivity index (χ1n) is 10.0. The summed E-state index contributed by atoms with van der Waals surface area (Å²) in [4.78, 5) is 15.2. The van der Waals surface area contributed by atoms with Crippen molar-refractivity contribution in [1.82, 2.24) is 4.98 Å². The number of hydrogen-bond donors (Lipinski definition) is 0. The van der Waals surface area contributed by atoms with Gasteiger partial charge in [0, 0.05) is 34.7 Å².